The van der Waals surface area contributed by atoms with Gasteiger partial charge in [-0.3, -0.25) is 0 Å². The molecule has 0 nitrogen and oxygen atoms in total. The van der Waals surface area contributed by atoms with Crippen molar-refractivity contribution in [3.8, 4) is 22.3 Å². The van der Waals surface area contributed by atoms with Crippen LogP contribution in [0.1, 0.15) is 144 Å². The number of fused-ring (bicyclic) bond motifs is 2. The van der Waals surface area contributed by atoms with Gasteiger partial charge in [0.25, 0.3) is 0 Å². The van der Waals surface area contributed by atoms with Gasteiger partial charge in [-0.05, 0) is 0 Å². The van der Waals surface area contributed by atoms with E-state index < -0.39 is 17.4 Å². The Balaban J connectivity index is 0.00000266. The van der Waals surface area contributed by atoms with Crippen LogP contribution in [0.2, 0.25) is 8.76 Å². The minimum Gasteiger partial charge on any atom is -0.147 e. The minimum absolute atomic E-state index is 0. The number of benzene rings is 4. The van der Waals surface area contributed by atoms with Crippen molar-refractivity contribution in [2.45, 2.75) is 133 Å². The Morgan fingerprint density at radius 2 is 0.911 bits per heavy atom. The summed E-state index contributed by atoms with van der Waals surface area (Å²) in [6.45, 7) is 9.60. The van der Waals surface area contributed by atoms with Crippen LogP contribution >= 0.6 is 24.8 Å². The molecule has 0 saturated heterocycles. The fourth-order valence-electron chi connectivity index (χ4n) is 12.3. The molecule has 2 atom stereocenters. The first-order valence-corrected chi connectivity index (χ1v) is 35.0. The number of aryl methyl sites for hydroxylation is 2. The van der Waals surface area contributed by atoms with Gasteiger partial charge in [-0.25, -0.2) is 0 Å². The zero-order chi connectivity index (χ0) is 37.3. The van der Waals surface area contributed by atoms with Crippen LogP contribution in [-0.2, 0) is 17.4 Å². The zero-order valence-corrected chi connectivity index (χ0v) is 40.4. The van der Waals surface area contributed by atoms with Crippen molar-refractivity contribution < 1.29 is 17.4 Å². The van der Waals surface area contributed by atoms with E-state index in [0.717, 1.165) is 11.8 Å². The Kier molecular flexibility index (Phi) is 14.4. The first-order chi connectivity index (χ1) is 26.2. The molecule has 298 valence electrons. The SMILES string of the molecule is CC[CH2][Zr]([CH3])(=[SiH2])([CH]1C(CC2CCCCCC2)=Cc2c(-c3ccc(C)cc3)cccc21)[CH]1C(CC2CCCCCC2)=Cc2c(-c3ccc(C)cc3)cccc21.Cl.Cl. The fourth-order valence-corrected chi connectivity index (χ4v) is 38.1. The van der Waals surface area contributed by atoms with Crippen LogP contribution < -0.4 is 0 Å². The van der Waals surface area contributed by atoms with E-state index in [1.54, 1.807) is 22.3 Å². The van der Waals surface area contributed by atoms with E-state index in [2.05, 4.69) is 129 Å². The van der Waals surface area contributed by atoms with Crippen LogP contribution in [0.15, 0.2) is 96.1 Å². The summed E-state index contributed by atoms with van der Waals surface area (Å²) in [5.41, 5.74) is 18.5. The van der Waals surface area contributed by atoms with Crippen molar-refractivity contribution in [1.29, 1.82) is 0 Å². The summed E-state index contributed by atoms with van der Waals surface area (Å²) in [5, 5.41) is 0. The minimum atomic E-state index is -3.93. The van der Waals surface area contributed by atoms with Gasteiger partial charge >= 0.3 is 333 Å². The molecule has 0 N–H and O–H groups in total. The van der Waals surface area contributed by atoms with Crippen molar-refractivity contribution in [3.63, 3.8) is 0 Å². The molecule has 0 spiro atoms. The fraction of sp³-hybridized carbons (Fsp3) is 0.462. The molecular weight excluding hydrogens is 815 g/mol. The van der Waals surface area contributed by atoms with E-state index in [1.807, 2.05) is 11.1 Å². The summed E-state index contributed by atoms with van der Waals surface area (Å²) in [6, 6.07) is 33.7. The summed E-state index contributed by atoms with van der Waals surface area (Å²) >= 11 is -3.93. The van der Waals surface area contributed by atoms with Crippen molar-refractivity contribution in [2.75, 3.05) is 0 Å². The van der Waals surface area contributed by atoms with Gasteiger partial charge in [0.1, 0.15) is 0 Å². The maximum Gasteiger partial charge on any atom is -0.147 e. The molecule has 2 unspecified atom stereocenters. The van der Waals surface area contributed by atoms with Crippen LogP contribution in [0.4, 0.5) is 0 Å². The zero-order valence-electron chi connectivity index (χ0n) is 34.9. The van der Waals surface area contributed by atoms with Gasteiger partial charge in [0.2, 0.25) is 0 Å². The Bertz CT molecular complexity index is 1950. The average Bonchev–Trinajstić information content (AvgIpc) is 3.48. The summed E-state index contributed by atoms with van der Waals surface area (Å²) in [5.74, 6) is 1.65. The molecule has 0 heterocycles. The number of hydrogen-bond acceptors (Lipinski definition) is 0. The molecule has 2 fully saturated rings. The molecule has 0 amide bonds. The maximum absolute atomic E-state index is 3.93. The van der Waals surface area contributed by atoms with E-state index in [-0.39, 0.29) is 24.8 Å². The maximum atomic E-state index is 2.99. The van der Waals surface area contributed by atoms with Crippen LogP contribution in [0.3, 0.4) is 0 Å². The van der Waals surface area contributed by atoms with Crippen molar-refractivity contribution in [3.05, 3.63) is 129 Å². The van der Waals surface area contributed by atoms with Crippen molar-refractivity contribution in [1.82, 2.24) is 0 Å². The second kappa shape index (κ2) is 18.5. The molecule has 56 heavy (non-hydrogen) atoms. The molecule has 4 aliphatic rings. The molecule has 0 aliphatic heterocycles. The topological polar surface area (TPSA) is 0 Å². The molecule has 4 aliphatic carbocycles. The number of halogens is 2. The quantitative estimate of drug-likeness (QED) is 0.110. The smallest absolute Gasteiger partial charge is 0.147 e. The van der Waals surface area contributed by atoms with E-state index in [0.29, 0.717) is 7.25 Å². The summed E-state index contributed by atoms with van der Waals surface area (Å²) in [4.78, 5) is 0. The van der Waals surface area contributed by atoms with E-state index >= 15 is 0 Å². The van der Waals surface area contributed by atoms with Gasteiger partial charge in [-0.2, -0.15) is 0 Å². The van der Waals surface area contributed by atoms with Gasteiger partial charge in [0, 0.05) is 0 Å². The van der Waals surface area contributed by atoms with Crippen LogP contribution in [0.5, 0.6) is 0 Å². The summed E-state index contributed by atoms with van der Waals surface area (Å²) in [6.07, 6.45) is 26.5. The third-order valence-corrected chi connectivity index (χ3v) is 38.2. The van der Waals surface area contributed by atoms with E-state index in [4.69, 9.17) is 0 Å². The standard InChI is InChI=1S/2C24H27.C3H7.CH3.2ClH.H2Si.Zr/c2*1-18-11-13-21(14-12-18)23-10-6-9-22-16-20(17-24(22)23)15-19-7-4-2-3-5-8-19;1-3-2;;;;;/h2*6,9-14,16-17,19H,2-5,7-8,15H2,1H3;1,3H2,2H3;1H3;2*1H;1H2;. The number of allylic oxidation sites excluding steroid dienone is 2. The summed E-state index contributed by atoms with van der Waals surface area (Å²) in [7, 11) is 0. The monoisotopic (exact) mass is 880 g/mol. The molecule has 4 heteroatoms. The molecule has 4 aromatic carbocycles. The predicted molar refractivity (Wildman–Crippen MR) is 250 cm³/mol. The van der Waals surface area contributed by atoms with Gasteiger partial charge in [-0.15, -0.1) is 24.8 Å². The Morgan fingerprint density at radius 3 is 1.27 bits per heavy atom. The van der Waals surface area contributed by atoms with Crippen LogP contribution in [0.25, 0.3) is 34.4 Å². The predicted octanol–water partition coefficient (Wildman–Crippen LogP) is 15.9. The molecule has 0 bridgehead atoms. The molecule has 0 radical (unpaired) electrons. The first kappa shape index (κ1) is 43.6. The molecule has 8 rings (SSSR count). The van der Waals surface area contributed by atoms with Gasteiger partial charge in [0.05, 0.1) is 0 Å². The largest absolute Gasteiger partial charge is 0.147 e. The Morgan fingerprint density at radius 1 is 0.536 bits per heavy atom. The van der Waals surface area contributed by atoms with Gasteiger partial charge in [0.15, 0.2) is 0 Å². The first-order valence-electron chi connectivity index (χ1n) is 22.1. The van der Waals surface area contributed by atoms with Gasteiger partial charge < -0.3 is 0 Å². The second-order valence-corrected chi connectivity index (χ2v) is 47.5. The van der Waals surface area contributed by atoms with E-state index in [9.17, 15) is 0 Å². The van der Waals surface area contributed by atoms with E-state index in [1.165, 1.54) is 134 Å². The molecule has 4 aromatic rings. The van der Waals surface area contributed by atoms with Gasteiger partial charge in [-0.1, -0.05) is 0 Å². The van der Waals surface area contributed by atoms with Crippen LogP contribution in [-0.4, -0.2) is 6.88 Å². The average molecular weight is 883 g/mol. The Labute approximate surface area is 355 Å². The van der Waals surface area contributed by atoms with Crippen LogP contribution in [0, 0.1) is 25.7 Å². The molecule has 0 aromatic heterocycles. The third-order valence-electron chi connectivity index (χ3n) is 14.7. The normalized spacial score (nSPS) is 20.4. The van der Waals surface area contributed by atoms with Crippen molar-refractivity contribution in [2.24, 2.45) is 11.8 Å². The summed E-state index contributed by atoms with van der Waals surface area (Å²) < 4.78 is 5.58. The molecule has 2 saturated carbocycles. The molecular formula is C52H68Cl2SiZr. The number of rotatable bonds is 10. The van der Waals surface area contributed by atoms with Crippen molar-refractivity contribution >= 4 is 43.8 Å². The number of hydrogen-bond donors (Lipinski definition) is 0. The third kappa shape index (κ3) is 8.67. The Hall–Kier alpha value is -1.96. The second-order valence-electron chi connectivity index (χ2n) is 19.0.